The van der Waals surface area contributed by atoms with Crippen LogP contribution in [-0.2, 0) is 6.42 Å². The molecule has 18 heavy (non-hydrogen) atoms. The first kappa shape index (κ1) is 13.1. The fourth-order valence-electron chi connectivity index (χ4n) is 2.20. The third-order valence-corrected chi connectivity index (χ3v) is 3.53. The number of aromatic nitrogens is 2. The fraction of sp³-hybridized carbons (Fsp3) is 0.714. The van der Waals surface area contributed by atoms with E-state index in [4.69, 9.17) is 0 Å². The Bertz CT molecular complexity index is 399. The second-order valence-electron chi connectivity index (χ2n) is 5.37. The van der Waals surface area contributed by atoms with Gasteiger partial charge in [0.05, 0.1) is 0 Å². The molecule has 2 N–H and O–H groups in total. The van der Waals surface area contributed by atoms with E-state index in [-0.39, 0.29) is 5.54 Å². The topological polar surface area (TPSA) is 49.8 Å². The zero-order chi connectivity index (χ0) is 13.0. The standard InChI is InChI=1S/C14H24N4/c1-4-9-15-12-10-13(17-11(5-2)16-12)18-14(3)7-6-8-14/h10H,4-9H2,1-3H3,(H2,15,16,17,18). The van der Waals surface area contributed by atoms with Crippen LogP contribution in [0.15, 0.2) is 6.07 Å². The molecule has 1 fully saturated rings. The van der Waals surface area contributed by atoms with Crippen molar-refractivity contribution in [3.63, 3.8) is 0 Å². The van der Waals surface area contributed by atoms with Crippen LogP contribution in [0.2, 0.25) is 0 Å². The molecule has 1 aromatic rings. The summed E-state index contributed by atoms with van der Waals surface area (Å²) in [7, 11) is 0. The lowest BCUT2D eigenvalue weighted by atomic mass is 9.78. The fourth-order valence-corrected chi connectivity index (χ4v) is 2.20. The van der Waals surface area contributed by atoms with Gasteiger partial charge in [-0.15, -0.1) is 0 Å². The predicted molar refractivity (Wildman–Crippen MR) is 76.1 cm³/mol. The van der Waals surface area contributed by atoms with Crippen LogP contribution in [-0.4, -0.2) is 22.1 Å². The van der Waals surface area contributed by atoms with Crippen LogP contribution in [0.4, 0.5) is 11.6 Å². The molecule has 2 rings (SSSR count). The van der Waals surface area contributed by atoms with Crippen LogP contribution in [0.5, 0.6) is 0 Å². The van der Waals surface area contributed by atoms with Gasteiger partial charge in [-0.2, -0.15) is 0 Å². The highest BCUT2D eigenvalue weighted by Gasteiger charge is 2.31. The van der Waals surface area contributed by atoms with Gasteiger partial charge in [0.1, 0.15) is 17.5 Å². The highest BCUT2D eigenvalue weighted by molar-refractivity contribution is 5.49. The van der Waals surface area contributed by atoms with E-state index < -0.39 is 0 Å². The molecule has 4 heteroatoms. The van der Waals surface area contributed by atoms with E-state index >= 15 is 0 Å². The quantitative estimate of drug-likeness (QED) is 0.811. The molecule has 0 radical (unpaired) electrons. The summed E-state index contributed by atoms with van der Waals surface area (Å²) in [5, 5.41) is 6.90. The molecule has 0 unspecified atom stereocenters. The van der Waals surface area contributed by atoms with Crippen molar-refractivity contribution in [1.82, 2.24) is 9.97 Å². The van der Waals surface area contributed by atoms with E-state index in [1.165, 1.54) is 19.3 Å². The molecule has 1 aliphatic rings. The largest absolute Gasteiger partial charge is 0.370 e. The lowest BCUT2D eigenvalue weighted by Crippen LogP contribution is -2.42. The minimum Gasteiger partial charge on any atom is -0.370 e. The normalized spacial score (nSPS) is 17.1. The molecule has 4 nitrogen and oxygen atoms in total. The number of nitrogens with zero attached hydrogens (tertiary/aromatic N) is 2. The van der Waals surface area contributed by atoms with Gasteiger partial charge in [-0.25, -0.2) is 9.97 Å². The van der Waals surface area contributed by atoms with Crippen LogP contribution >= 0.6 is 0 Å². The highest BCUT2D eigenvalue weighted by Crippen LogP contribution is 2.34. The average molecular weight is 248 g/mol. The summed E-state index contributed by atoms with van der Waals surface area (Å²) >= 11 is 0. The summed E-state index contributed by atoms with van der Waals surface area (Å²) in [6.45, 7) is 7.47. The number of aryl methyl sites for hydroxylation is 1. The monoisotopic (exact) mass is 248 g/mol. The SMILES string of the molecule is CCCNc1cc(NC2(C)CCC2)nc(CC)n1. The van der Waals surface area contributed by atoms with Crippen molar-refractivity contribution in [1.29, 1.82) is 0 Å². The van der Waals surface area contributed by atoms with Gasteiger partial charge in [-0.1, -0.05) is 13.8 Å². The second-order valence-corrected chi connectivity index (χ2v) is 5.37. The molecule has 0 spiro atoms. The maximum atomic E-state index is 4.56. The minimum absolute atomic E-state index is 0.237. The molecule has 0 aliphatic heterocycles. The first-order chi connectivity index (χ1) is 8.65. The smallest absolute Gasteiger partial charge is 0.132 e. The van der Waals surface area contributed by atoms with Crippen molar-refractivity contribution in [2.45, 2.75) is 58.4 Å². The minimum atomic E-state index is 0.237. The summed E-state index contributed by atoms with van der Waals surface area (Å²) in [5.41, 5.74) is 0.237. The first-order valence-electron chi connectivity index (χ1n) is 7.05. The predicted octanol–water partition coefficient (Wildman–Crippen LogP) is 3.22. The summed E-state index contributed by atoms with van der Waals surface area (Å²) < 4.78 is 0. The molecule has 1 aliphatic carbocycles. The molecular formula is C14H24N4. The molecule has 100 valence electrons. The molecule has 1 saturated carbocycles. The number of rotatable bonds is 6. The third-order valence-electron chi connectivity index (χ3n) is 3.53. The van der Waals surface area contributed by atoms with Gasteiger partial charge in [0.15, 0.2) is 0 Å². The van der Waals surface area contributed by atoms with E-state index in [0.29, 0.717) is 0 Å². The summed E-state index contributed by atoms with van der Waals surface area (Å²) in [5.74, 6) is 2.80. The lowest BCUT2D eigenvalue weighted by molar-refractivity contribution is 0.305. The van der Waals surface area contributed by atoms with E-state index in [9.17, 15) is 0 Å². The van der Waals surface area contributed by atoms with E-state index in [1.807, 2.05) is 6.07 Å². The Morgan fingerprint density at radius 2 is 1.94 bits per heavy atom. The van der Waals surface area contributed by atoms with E-state index in [0.717, 1.165) is 36.8 Å². The van der Waals surface area contributed by atoms with Crippen molar-refractivity contribution in [3.05, 3.63) is 11.9 Å². The molecular weight excluding hydrogens is 224 g/mol. The maximum absolute atomic E-state index is 4.56. The molecule has 0 saturated heterocycles. The van der Waals surface area contributed by atoms with Gasteiger partial charge in [0, 0.05) is 24.6 Å². The summed E-state index contributed by atoms with van der Waals surface area (Å²) in [6, 6.07) is 2.03. The maximum Gasteiger partial charge on any atom is 0.132 e. The lowest BCUT2D eigenvalue weighted by Gasteiger charge is -2.39. The Hall–Kier alpha value is -1.32. The zero-order valence-electron chi connectivity index (χ0n) is 11.7. The van der Waals surface area contributed by atoms with Gasteiger partial charge in [-0.05, 0) is 32.6 Å². The third kappa shape index (κ3) is 3.12. The van der Waals surface area contributed by atoms with Crippen molar-refractivity contribution >= 4 is 11.6 Å². The van der Waals surface area contributed by atoms with Gasteiger partial charge in [0.25, 0.3) is 0 Å². The first-order valence-corrected chi connectivity index (χ1v) is 7.05. The van der Waals surface area contributed by atoms with Crippen LogP contribution < -0.4 is 10.6 Å². The van der Waals surface area contributed by atoms with Crippen molar-refractivity contribution in [2.24, 2.45) is 0 Å². The molecule has 0 aromatic carbocycles. The van der Waals surface area contributed by atoms with Gasteiger partial charge in [0.2, 0.25) is 0 Å². The summed E-state index contributed by atoms with van der Waals surface area (Å²) in [6.07, 6.45) is 5.75. The number of hydrogen-bond donors (Lipinski definition) is 2. The Kier molecular flexibility index (Phi) is 4.04. The van der Waals surface area contributed by atoms with Gasteiger partial charge >= 0.3 is 0 Å². The Balaban J connectivity index is 2.12. The molecule has 0 atom stereocenters. The Morgan fingerprint density at radius 1 is 1.22 bits per heavy atom. The van der Waals surface area contributed by atoms with Crippen LogP contribution in [0.3, 0.4) is 0 Å². The number of nitrogens with one attached hydrogen (secondary N) is 2. The average Bonchev–Trinajstić information content (AvgIpc) is 2.34. The number of anilines is 2. The van der Waals surface area contributed by atoms with Crippen molar-refractivity contribution in [3.8, 4) is 0 Å². The zero-order valence-corrected chi connectivity index (χ0v) is 11.7. The molecule has 1 aromatic heterocycles. The Labute approximate surface area is 110 Å². The Morgan fingerprint density at radius 3 is 2.50 bits per heavy atom. The highest BCUT2D eigenvalue weighted by atomic mass is 15.1. The van der Waals surface area contributed by atoms with Gasteiger partial charge in [-0.3, -0.25) is 0 Å². The molecule has 0 amide bonds. The van der Waals surface area contributed by atoms with Gasteiger partial charge < -0.3 is 10.6 Å². The van der Waals surface area contributed by atoms with Crippen molar-refractivity contribution in [2.75, 3.05) is 17.2 Å². The molecule has 0 bridgehead atoms. The van der Waals surface area contributed by atoms with Crippen molar-refractivity contribution < 1.29 is 0 Å². The van der Waals surface area contributed by atoms with E-state index in [2.05, 4.69) is 41.4 Å². The molecule has 1 heterocycles. The van der Waals surface area contributed by atoms with Crippen LogP contribution in [0, 0.1) is 0 Å². The van der Waals surface area contributed by atoms with Crippen LogP contribution in [0.25, 0.3) is 0 Å². The summed E-state index contributed by atoms with van der Waals surface area (Å²) in [4.78, 5) is 9.07. The van der Waals surface area contributed by atoms with Crippen LogP contribution in [0.1, 0.15) is 52.3 Å². The van der Waals surface area contributed by atoms with E-state index in [1.54, 1.807) is 0 Å². The second kappa shape index (κ2) is 5.55. The number of hydrogen-bond acceptors (Lipinski definition) is 4.